The Kier molecular flexibility index (Phi) is 3.84. The van der Waals surface area contributed by atoms with E-state index in [1.807, 2.05) is 0 Å². The fourth-order valence-electron chi connectivity index (χ4n) is 1.48. The molecule has 1 heterocycles. The Labute approximate surface area is 110 Å². The molecule has 0 aliphatic rings. The van der Waals surface area contributed by atoms with Gasteiger partial charge in [-0.15, -0.1) is 0 Å². The molecule has 0 fully saturated rings. The maximum atomic E-state index is 12.7. The second kappa shape index (κ2) is 5.55. The number of pyridine rings is 1. The van der Waals surface area contributed by atoms with Gasteiger partial charge in [0.1, 0.15) is 16.6 Å². The largest absolute Gasteiger partial charge is 0.389 e. The molecule has 92 valence electrons. The van der Waals surface area contributed by atoms with Crippen LogP contribution in [0.3, 0.4) is 0 Å². The number of nitrogens with two attached hydrogens (primary N) is 1. The van der Waals surface area contributed by atoms with Gasteiger partial charge in [-0.1, -0.05) is 24.4 Å². The van der Waals surface area contributed by atoms with Gasteiger partial charge in [-0.25, -0.2) is 9.37 Å². The molecule has 0 aliphatic carbocycles. The van der Waals surface area contributed by atoms with Crippen LogP contribution in [0.2, 0.25) is 0 Å². The molecule has 0 amide bonds. The Bertz CT molecular complexity index is 554. The van der Waals surface area contributed by atoms with E-state index in [-0.39, 0.29) is 5.82 Å². The molecular formula is C13H12FN3S. The third-order valence-electron chi connectivity index (χ3n) is 2.43. The van der Waals surface area contributed by atoms with Crippen molar-refractivity contribution >= 4 is 23.0 Å². The highest BCUT2D eigenvalue weighted by Gasteiger charge is 2.00. The predicted octanol–water partition coefficient (Wildman–Crippen LogP) is 2.47. The monoisotopic (exact) mass is 261 g/mol. The maximum Gasteiger partial charge on any atom is 0.126 e. The third-order valence-corrected chi connectivity index (χ3v) is 2.67. The van der Waals surface area contributed by atoms with E-state index in [2.05, 4.69) is 10.3 Å². The Balaban J connectivity index is 2.04. The molecule has 3 nitrogen and oxygen atoms in total. The summed E-state index contributed by atoms with van der Waals surface area (Å²) in [6, 6.07) is 9.84. The lowest BCUT2D eigenvalue weighted by Crippen LogP contribution is -2.10. The summed E-state index contributed by atoms with van der Waals surface area (Å²) in [4.78, 5) is 4.49. The van der Waals surface area contributed by atoms with Crippen molar-refractivity contribution in [1.29, 1.82) is 0 Å². The number of aromatic nitrogens is 1. The molecule has 2 aromatic rings. The molecule has 3 N–H and O–H groups in total. The fraction of sp³-hybridized carbons (Fsp3) is 0.0769. The molecule has 5 heteroatoms. The van der Waals surface area contributed by atoms with Crippen molar-refractivity contribution in [2.24, 2.45) is 5.73 Å². The molecule has 0 saturated heterocycles. The minimum absolute atomic E-state index is 0.243. The number of hydrogen-bond acceptors (Lipinski definition) is 3. The highest BCUT2D eigenvalue weighted by atomic mass is 32.1. The van der Waals surface area contributed by atoms with Gasteiger partial charge in [0.15, 0.2) is 0 Å². The first-order valence-electron chi connectivity index (χ1n) is 5.39. The van der Waals surface area contributed by atoms with Gasteiger partial charge in [0.05, 0.1) is 0 Å². The second-order valence-electron chi connectivity index (χ2n) is 3.77. The van der Waals surface area contributed by atoms with Crippen molar-refractivity contribution in [1.82, 2.24) is 4.98 Å². The lowest BCUT2D eigenvalue weighted by molar-refractivity contribution is 0.627. The van der Waals surface area contributed by atoms with Crippen LogP contribution in [0.4, 0.5) is 10.2 Å². The molecule has 18 heavy (non-hydrogen) atoms. The summed E-state index contributed by atoms with van der Waals surface area (Å²) in [6.07, 6.45) is 1.64. The number of rotatable bonds is 4. The summed E-state index contributed by atoms with van der Waals surface area (Å²) in [6.45, 7) is 0.564. The molecule has 0 radical (unpaired) electrons. The standard InChI is InChI=1S/C13H12FN3S/c14-11-3-1-9(2-4-11)8-17-12-7-10(13(15)18)5-6-16-12/h1-7H,8H2,(H2,15,18)(H,16,17). The van der Waals surface area contributed by atoms with Crippen LogP contribution < -0.4 is 11.1 Å². The molecule has 1 aromatic carbocycles. The van der Waals surface area contributed by atoms with Gasteiger partial charge in [-0.05, 0) is 29.8 Å². The van der Waals surface area contributed by atoms with Crippen LogP contribution in [0.5, 0.6) is 0 Å². The number of hydrogen-bond donors (Lipinski definition) is 2. The van der Waals surface area contributed by atoms with Crippen LogP contribution in [-0.2, 0) is 6.54 Å². The zero-order chi connectivity index (χ0) is 13.0. The molecule has 0 atom stereocenters. The number of anilines is 1. The van der Waals surface area contributed by atoms with E-state index in [0.717, 1.165) is 11.1 Å². The summed E-state index contributed by atoms with van der Waals surface area (Å²) in [5.74, 6) is 0.442. The van der Waals surface area contributed by atoms with Crippen LogP contribution in [0, 0.1) is 5.82 Å². The summed E-state index contributed by atoms with van der Waals surface area (Å²) in [5, 5.41) is 3.13. The van der Waals surface area contributed by atoms with Gasteiger partial charge in [0, 0.05) is 18.3 Å². The molecule has 0 aliphatic heterocycles. The van der Waals surface area contributed by atoms with E-state index in [1.165, 1.54) is 12.1 Å². The van der Waals surface area contributed by atoms with Crippen LogP contribution in [0.1, 0.15) is 11.1 Å². The topological polar surface area (TPSA) is 50.9 Å². The van der Waals surface area contributed by atoms with E-state index in [1.54, 1.807) is 30.5 Å². The van der Waals surface area contributed by atoms with E-state index < -0.39 is 0 Å². The van der Waals surface area contributed by atoms with Crippen LogP contribution in [0.25, 0.3) is 0 Å². The second-order valence-corrected chi connectivity index (χ2v) is 4.21. The highest BCUT2D eigenvalue weighted by molar-refractivity contribution is 7.80. The Morgan fingerprint density at radius 3 is 2.67 bits per heavy atom. The van der Waals surface area contributed by atoms with Crippen LogP contribution in [0.15, 0.2) is 42.6 Å². The van der Waals surface area contributed by atoms with Gasteiger partial charge in [-0.2, -0.15) is 0 Å². The first kappa shape index (κ1) is 12.4. The van der Waals surface area contributed by atoms with Crippen molar-refractivity contribution < 1.29 is 4.39 Å². The highest BCUT2D eigenvalue weighted by Crippen LogP contribution is 2.09. The molecule has 0 bridgehead atoms. The SMILES string of the molecule is NC(=S)c1ccnc(NCc2ccc(F)cc2)c1. The quantitative estimate of drug-likeness (QED) is 0.830. The van der Waals surface area contributed by atoms with Crippen molar-refractivity contribution in [2.75, 3.05) is 5.32 Å². The van der Waals surface area contributed by atoms with Gasteiger partial charge < -0.3 is 11.1 Å². The average Bonchev–Trinajstić information content (AvgIpc) is 2.38. The number of halogens is 1. The predicted molar refractivity (Wildman–Crippen MR) is 73.9 cm³/mol. The summed E-state index contributed by atoms with van der Waals surface area (Å²) in [5.41, 5.74) is 7.28. The van der Waals surface area contributed by atoms with Crippen molar-refractivity contribution in [3.63, 3.8) is 0 Å². The van der Waals surface area contributed by atoms with E-state index >= 15 is 0 Å². The maximum absolute atomic E-state index is 12.7. The number of thiocarbonyl (C=S) groups is 1. The van der Waals surface area contributed by atoms with Gasteiger partial charge in [-0.3, -0.25) is 0 Å². The lowest BCUT2D eigenvalue weighted by Gasteiger charge is -2.07. The minimum Gasteiger partial charge on any atom is -0.389 e. The Hall–Kier alpha value is -2.01. The molecule has 0 saturated carbocycles. The number of benzene rings is 1. The number of nitrogens with one attached hydrogen (secondary N) is 1. The Morgan fingerprint density at radius 1 is 1.28 bits per heavy atom. The van der Waals surface area contributed by atoms with Crippen molar-refractivity contribution in [3.8, 4) is 0 Å². The zero-order valence-corrected chi connectivity index (χ0v) is 10.4. The normalized spacial score (nSPS) is 10.1. The molecule has 0 spiro atoms. The smallest absolute Gasteiger partial charge is 0.126 e. The first-order chi connectivity index (χ1) is 8.65. The summed E-state index contributed by atoms with van der Waals surface area (Å²) >= 11 is 4.89. The fourth-order valence-corrected chi connectivity index (χ4v) is 1.60. The van der Waals surface area contributed by atoms with E-state index in [9.17, 15) is 4.39 Å². The van der Waals surface area contributed by atoms with Crippen LogP contribution >= 0.6 is 12.2 Å². The number of nitrogens with zero attached hydrogens (tertiary/aromatic N) is 1. The van der Waals surface area contributed by atoms with Crippen molar-refractivity contribution in [2.45, 2.75) is 6.54 Å². The first-order valence-corrected chi connectivity index (χ1v) is 5.80. The zero-order valence-electron chi connectivity index (χ0n) is 9.56. The average molecular weight is 261 g/mol. The molecule has 0 unspecified atom stereocenters. The minimum atomic E-state index is -0.243. The Morgan fingerprint density at radius 2 is 2.00 bits per heavy atom. The van der Waals surface area contributed by atoms with Gasteiger partial charge in [0.2, 0.25) is 0 Å². The molecule has 1 aromatic heterocycles. The van der Waals surface area contributed by atoms with Crippen molar-refractivity contribution in [3.05, 3.63) is 59.5 Å². The molecular weight excluding hydrogens is 249 g/mol. The molecule has 2 rings (SSSR count). The van der Waals surface area contributed by atoms with Crippen LogP contribution in [-0.4, -0.2) is 9.97 Å². The third kappa shape index (κ3) is 3.24. The van der Waals surface area contributed by atoms with Gasteiger partial charge >= 0.3 is 0 Å². The lowest BCUT2D eigenvalue weighted by atomic mass is 10.2. The van der Waals surface area contributed by atoms with E-state index in [4.69, 9.17) is 18.0 Å². The van der Waals surface area contributed by atoms with E-state index in [0.29, 0.717) is 17.4 Å². The summed E-state index contributed by atoms with van der Waals surface area (Å²) < 4.78 is 12.7. The summed E-state index contributed by atoms with van der Waals surface area (Å²) in [7, 11) is 0. The van der Waals surface area contributed by atoms with Gasteiger partial charge in [0.25, 0.3) is 0 Å².